The van der Waals surface area contributed by atoms with Gasteiger partial charge in [0.25, 0.3) is 0 Å². The predicted molar refractivity (Wildman–Crippen MR) is 130 cm³/mol. The van der Waals surface area contributed by atoms with Gasteiger partial charge in [-0.2, -0.15) is 5.26 Å². The maximum absolute atomic E-state index is 14.8. The lowest BCUT2D eigenvalue weighted by atomic mass is 9.80. The second kappa shape index (κ2) is 9.47. The van der Waals surface area contributed by atoms with Crippen LogP contribution in [-0.4, -0.2) is 68.8 Å². The van der Waals surface area contributed by atoms with E-state index in [1.165, 1.54) is 49.3 Å². The summed E-state index contributed by atoms with van der Waals surface area (Å²) in [6, 6.07) is 4.98. The van der Waals surface area contributed by atoms with Crippen molar-refractivity contribution in [3.05, 3.63) is 53.1 Å². The van der Waals surface area contributed by atoms with Gasteiger partial charge in [0.1, 0.15) is 17.8 Å². The van der Waals surface area contributed by atoms with E-state index in [2.05, 4.69) is 21.4 Å². The van der Waals surface area contributed by atoms with Gasteiger partial charge in [-0.3, -0.25) is 24.4 Å². The second-order valence-electron chi connectivity index (χ2n) is 9.86. The first kappa shape index (κ1) is 25.5. The molecule has 0 bridgehead atoms. The molecule has 2 aliphatic rings. The number of anilines is 1. The monoisotopic (exact) mass is 512 g/mol. The van der Waals surface area contributed by atoms with Crippen molar-refractivity contribution < 1.29 is 18.8 Å². The van der Waals surface area contributed by atoms with Crippen molar-refractivity contribution in [1.29, 1.82) is 5.26 Å². The number of nitrogens with zero attached hydrogens (tertiary/aromatic N) is 5. The van der Waals surface area contributed by atoms with Crippen LogP contribution < -0.4 is 5.32 Å². The third-order valence-corrected chi connectivity index (χ3v) is 6.98. The average molecular weight is 513 g/mol. The second-order valence-corrected chi connectivity index (χ2v) is 10.3. The number of likely N-dealkylation sites (tertiary alicyclic amines) is 1. The van der Waals surface area contributed by atoms with Gasteiger partial charge in [0.2, 0.25) is 17.7 Å². The molecule has 0 unspecified atom stereocenters. The van der Waals surface area contributed by atoms with Crippen LogP contribution in [0.25, 0.3) is 0 Å². The van der Waals surface area contributed by atoms with Crippen LogP contribution in [0.3, 0.4) is 0 Å². The molecule has 1 fully saturated rings. The number of likely N-dealkylation sites (N-methyl/N-ethyl adjacent to an activating group) is 1. The van der Waals surface area contributed by atoms with Gasteiger partial charge in [-0.05, 0) is 37.6 Å². The Morgan fingerprint density at radius 1 is 1.42 bits per heavy atom. The van der Waals surface area contributed by atoms with Crippen molar-refractivity contribution in [3.63, 3.8) is 0 Å². The minimum atomic E-state index is -1.79. The summed E-state index contributed by atoms with van der Waals surface area (Å²) in [5.74, 6) is -1.37. The van der Waals surface area contributed by atoms with Crippen LogP contribution in [0.4, 0.5) is 10.1 Å². The summed E-state index contributed by atoms with van der Waals surface area (Å²) in [6.07, 6.45) is 4.03. The van der Waals surface area contributed by atoms with Crippen molar-refractivity contribution in [2.45, 2.75) is 56.3 Å². The Bertz CT molecular complexity index is 1240. The maximum atomic E-state index is 14.8. The number of alkyl halides is 1. The summed E-state index contributed by atoms with van der Waals surface area (Å²) in [4.78, 5) is 50.5. The normalized spacial score (nSPS) is 21.6. The molecule has 1 N–H and O–H groups in total. The summed E-state index contributed by atoms with van der Waals surface area (Å²) >= 11 is 6.19. The summed E-state index contributed by atoms with van der Waals surface area (Å²) in [5, 5.41) is 13.1. The molecule has 3 heterocycles. The third-order valence-electron chi connectivity index (χ3n) is 6.74. The SMILES string of the molecule is CN(C(=O)Cc1cnccn1)[C@@H](CC(C)(C)F)C(=O)N1C[C@]2(C[C@H]1C#N)C(=O)Nc1ccc(Cl)cc12. The van der Waals surface area contributed by atoms with Crippen molar-refractivity contribution in [2.75, 3.05) is 18.9 Å². The van der Waals surface area contributed by atoms with Gasteiger partial charge in [-0.25, -0.2) is 4.39 Å². The molecule has 3 amide bonds. The Morgan fingerprint density at radius 3 is 2.81 bits per heavy atom. The van der Waals surface area contributed by atoms with Crippen LogP contribution in [0.15, 0.2) is 36.8 Å². The minimum Gasteiger partial charge on any atom is -0.333 e. The fourth-order valence-electron chi connectivity index (χ4n) is 4.91. The van der Waals surface area contributed by atoms with E-state index in [1.807, 2.05) is 0 Å². The molecule has 1 aromatic heterocycles. The van der Waals surface area contributed by atoms with Gasteiger partial charge < -0.3 is 15.1 Å². The first-order valence-electron chi connectivity index (χ1n) is 11.5. The van der Waals surface area contributed by atoms with E-state index in [4.69, 9.17) is 11.6 Å². The average Bonchev–Trinajstić information content (AvgIpc) is 3.35. The molecule has 4 rings (SSSR count). The highest BCUT2D eigenvalue weighted by atomic mass is 35.5. The summed E-state index contributed by atoms with van der Waals surface area (Å²) in [5.41, 5.74) is -1.34. The largest absolute Gasteiger partial charge is 0.333 e. The van der Waals surface area contributed by atoms with Gasteiger partial charge in [0, 0.05) is 55.7 Å². The van der Waals surface area contributed by atoms with Gasteiger partial charge in [-0.15, -0.1) is 0 Å². The number of amides is 3. The lowest BCUT2D eigenvalue weighted by Crippen LogP contribution is -2.53. The van der Waals surface area contributed by atoms with E-state index < -0.39 is 35.0 Å². The zero-order valence-corrected chi connectivity index (χ0v) is 20.9. The zero-order valence-electron chi connectivity index (χ0n) is 20.2. The highest BCUT2D eigenvalue weighted by Crippen LogP contribution is 2.47. The van der Waals surface area contributed by atoms with Crippen LogP contribution in [0.2, 0.25) is 5.02 Å². The summed E-state index contributed by atoms with van der Waals surface area (Å²) in [7, 11) is 1.43. The number of nitriles is 1. The highest BCUT2D eigenvalue weighted by molar-refractivity contribution is 6.31. The molecular weight excluding hydrogens is 487 g/mol. The fourth-order valence-corrected chi connectivity index (χ4v) is 5.09. The highest BCUT2D eigenvalue weighted by Gasteiger charge is 2.57. The molecule has 11 heteroatoms. The van der Waals surface area contributed by atoms with E-state index in [0.717, 1.165) is 0 Å². The molecular formula is C25H26ClFN6O3. The number of hydrogen-bond donors (Lipinski definition) is 1. The van der Waals surface area contributed by atoms with Gasteiger partial charge in [-0.1, -0.05) is 11.6 Å². The fraction of sp³-hybridized carbons (Fsp3) is 0.440. The standard InChI is InChI=1S/C25H26ClFN6O3/c1-24(2,27)11-20(32(3)21(34)9-16-13-29-6-7-30-16)22(35)33-14-25(10-17(33)12-28)18-8-15(26)4-5-19(18)31-23(25)36/h4-8,13,17,20H,9-11,14H2,1-3H3,(H,31,36)/t17-,20-,25-/m0/s1. The Balaban J connectivity index is 1.64. The number of benzene rings is 1. The zero-order chi connectivity index (χ0) is 26.3. The van der Waals surface area contributed by atoms with E-state index in [9.17, 15) is 24.0 Å². The number of rotatable bonds is 6. The Labute approximate surface area is 213 Å². The van der Waals surface area contributed by atoms with Crippen molar-refractivity contribution in [3.8, 4) is 6.07 Å². The van der Waals surface area contributed by atoms with E-state index in [1.54, 1.807) is 18.2 Å². The van der Waals surface area contributed by atoms with E-state index in [0.29, 0.717) is 22.0 Å². The van der Waals surface area contributed by atoms with Crippen LogP contribution >= 0.6 is 11.6 Å². The summed E-state index contributed by atoms with van der Waals surface area (Å²) in [6.45, 7) is 2.56. The number of halogens is 2. The molecule has 36 heavy (non-hydrogen) atoms. The molecule has 1 saturated heterocycles. The van der Waals surface area contributed by atoms with Gasteiger partial charge in [0.05, 0.1) is 23.6 Å². The number of carbonyl (C=O) groups is 3. The molecule has 2 aromatic rings. The molecule has 0 saturated carbocycles. The molecule has 0 radical (unpaired) electrons. The number of hydrogen-bond acceptors (Lipinski definition) is 6. The molecule has 9 nitrogen and oxygen atoms in total. The lowest BCUT2D eigenvalue weighted by Gasteiger charge is -2.34. The minimum absolute atomic E-state index is 0.0669. The van der Waals surface area contributed by atoms with E-state index in [-0.39, 0.29) is 31.7 Å². The van der Waals surface area contributed by atoms with Gasteiger partial charge >= 0.3 is 0 Å². The lowest BCUT2D eigenvalue weighted by molar-refractivity contribution is -0.146. The van der Waals surface area contributed by atoms with Crippen LogP contribution in [0.1, 0.15) is 37.9 Å². The summed E-state index contributed by atoms with van der Waals surface area (Å²) < 4.78 is 14.8. The molecule has 2 aliphatic heterocycles. The number of fused-ring (bicyclic) bond motifs is 2. The number of nitrogens with one attached hydrogen (secondary N) is 1. The molecule has 188 valence electrons. The Morgan fingerprint density at radius 2 is 2.17 bits per heavy atom. The first-order valence-corrected chi connectivity index (χ1v) is 11.8. The van der Waals surface area contributed by atoms with Crippen molar-refractivity contribution in [1.82, 2.24) is 19.8 Å². The number of carbonyl (C=O) groups excluding carboxylic acids is 3. The van der Waals surface area contributed by atoms with Crippen LogP contribution in [-0.2, 0) is 26.2 Å². The molecule has 3 atom stereocenters. The van der Waals surface area contributed by atoms with E-state index >= 15 is 0 Å². The van der Waals surface area contributed by atoms with Crippen LogP contribution in [0.5, 0.6) is 0 Å². The predicted octanol–water partition coefficient (Wildman–Crippen LogP) is 2.65. The smallest absolute Gasteiger partial charge is 0.246 e. The van der Waals surface area contributed by atoms with Crippen LogP contribution in [0, 0.1) is 11.3 Å². The molecule has 1 spiro atoms. The first-order chi connectivity index (χ1) is 16.9. The number of aromatic nitrogens is 2. The quantitative estimate of drug-likeness (QED) is 0.635. The Kier molecular flexibility index (Phi) is 6.71. The Hall–Kier alpha value is -3.58. The van der Waals surface area contributed by atoms with Gasteiger partial charge in [0.15, 0.2) is 0 Å². The topological polar surface area (TPSA) is 119 Å². The van der Waals surface area contributed by atoms with Crippen molar-refractivity contribution in [2.24, 2.45) is 0 Å². The molecule has 1 aromatic carbocycles. The van der Waals surface area contributed by atoms with Crippen molar-refractivity contribution >= 4 is 35.0 Å². The third kappa shape index (κ3) is 4.75. The maximum Gasteiger partial charge on any atom is 0.246 e. The molecule has 0 aliphatic carbocycles.